The van der Waals surface area contributed by atoms with Crippen molar-refractivity contribution >= 4 is 45.3 Å². The van der Waals surface area contributed by atoms with Crippen LogP contribution in [0.2, 0.25) is 0 Å². The third kappa shape index (κ3) is 11.2. The highest BCUT2D eigenvalue weighted by Crippen LogP contribution is 2.41. The van der Waals surface area contributed by atoms with Gasteiger partial charge >= 0.3 is 6.03 Å². The summed E-state index contributed by atoms with van der Waals surface area (Å²) >= 11 is 0. The van der Waals surface area contributed by atoms with Crippen LogP contribution in [0.25, 0.3) is 16.5 Å². The van der Waals surface area contributed by atoms with Crippen LogP contribution in [-0.4, -0.2) is 98.1 Å². The van der Waals surface area contributed by atoms with Crippen LogP contribution in [0.1, 0.15) is 42.4 Å². The molecule has 2 N–H and O–H groups in total. The second-order valence-corrected chi connectivity index (χ2v) is 21.1. The zero-order valence-corrected chi connectivity index (χ0v) is 36.1. The first-order valence-electron chi connectivity index (χ1n) is 19.8. The Morgan fingerprint density at radius 3 is 2.45 bits per heavy atom. The maximum Gasteiger partial charge on any atom is 0.324 e. The van der Waals surface area contributed by atoms with E-state index >= 15 is 0 Å². The number of rotatable bonds is 15. The molecule has 0 bridgehead atoms. The van der Waals surface area contributed by atoms with Gasteiger partial charge in [-0.3, -0.25) is 10.2 Å². The van der Waals surface area contributed by atoms with E-state index in [1.807, 2.05) is 74.5 Å². The van der Waals surface area contributed by atoms with Gasteiger partial charge in [0.1, 0.15) is 29.7 Å². The fraction of sp³-hybridized carbons (Fsp3) is 0.318. The number of sulfone groups is 1. The van der Waals surface area contributed by atoms with Gasteiger partial charge in [-0.05, 0) is 72.8 Å². The number of nitrogens with zero attached hydrogens (tertiary/aromatic N) is 5. The Kier molecular flexibility index (Phi) is 13.0. The molecule has 0 spiro atoms. The van der Waals surface area contributed by atoms with Crippen molar-refractivity contribution in [1.29, 1.82) is 0 Å². The molecule has 0 atom stereocenters. The molecule has 314 valence electrons. The molecule has 2 aromatic heterocycles. The van der Waals surface area contributed by atoms with E-state index in [0.29, 0.717) is 72.8 Å². The smallest absolute Gasteiger partial charge is 0.324 e. The minimum absolute atomic E-state index is 0.112. The van der Waals surface area contributed by atoms with E-state index in [4.69, 9.17) is 19.3 Å². The number of fused-ring (bicyclic) bond motifs is 1. The summed E-state index contributed by atoms with van der Waals surface area (Å²) in [7, 11) is -5.82. The van der Waals surface area contributed by atoms with Crippen molar-refractivity contribution in [2.45, 2.75) is 37.2 Å². The number of nitrogens with one attached hydrogen (secondary N) is 2. The molecule has 1 fully saturated rings. The van der Waals surface area contributed by atoms with Crippen molar-refractivity contribution in [2.75, 3.05) is 69.7 Å². The second kappa shape index (κ2) is 18.3. The molecule has 0 unspecified atom stereocenters. The topological polar surface area (TPSA) is 167 Å². The molecule has 16 heteroatoms. The average molecular weight is 852 g/mol. The van der Waals surface area contributed by atoms with E-state index in [1.54, 1.807) is 54.5 Å². The normalized spacial score (nSPS) is 13.7. The third-order valence-corrected chi connectivity index (χ3v) is 12.0. The SMILES string of the molecule is CC(C)c1cc(NC(=O)Nc2ccc(Oc3ccnc(Cc4cc(OCCN5CCOCC5)cc(S(C)(=O)=O)c4)n3)c3ccccc23)n(-c2cccc(CP(C)(C)=O)c2)n1. The van der Waals surface area contributed by atoms with Gasteiger partial charge in [0, 0.05) is 67.6 Å². The number of ether oxygens (including phenoxy) is 3. The van der Waals surface area contributed by atoms with Crippen molar-refractivity contribution in [3.63, 3.8) is 0 Å². The van der Waals surface area contributed by atoms with Crippen molar-refractivity contribution in [1.82, 2.24) is 24.6 Å². The number of carbonyl (C=O) groups excluding carboxylic acids is 1. The maximum atomic E-state index is 13.6. The third-order valence-electron chi connectivity index (χ3n) is 9.82. The quantitative estimate of drug-likeness (QED) is 0.0957. The summed E-state index contributed by atoms with van der Waals surface area (Å²) < 4.78 is 57.3. The number of aromatic nitrogens is 4. The summed E-state index contributed by atoms with van der Waals surface area (Å²) in [6, 6.07) is 26.8. The minimum Gasteiger partial charge on any atom is -0.492 e. The van der Waals surface area contributed by atoms with Crippen molar-refractivity contribution in [2.24, 2.45) is 0 Å². The zero-order chi connectivity index (χ0) is 42.4. The molecule has 4 aromatic carbocycles. The summed E-state index contributed by atoms with van der Waals surface area (Å²) in [5.41, 5.74) is 3.73. The number of urea groups is 1. The van der Waals surface area contributed by atoms with Crippen LogP contribution in [0.4, 0.5) is 16.3 Å². The molecular formula is C44H50N7O7PS. The molecule has 0 saturated carbocycles. The van der Waals surface area contributed by atoms with Crippen LogP contribution in [0.3, 0.4) is 0 Å². The molecule has 14 nitrogen and oxygen atoms in total. The Labute approximate surface area is 350 Å². The monoisotopic (exact) mass is 851 g/mol. The fourth-order valence-electron chi connectivity index (χ4n) is 6.90. The number of hydrogen-bond acceptors (Lipinski definition) is 11. The lowest BCUT2D eigenvalue weighted by molar-refractivity contribution is 0.0322. The van der Waals surface area contributed by atoms with Crippen molar-refractivity contribution in [3.8, 4) is 23.1 Å². The molecule has 6 aromatic rings. The number of morpholine rings is 1. The Bertz CT molecular complexity index is 2660. The summed E-state index contributed by atoms with van der Waals surface area (Å²) in [5.74, 6) is 2.30. The van der Waals surface area contributed by atoms with Gasteiger partial charge in [-0.25, -0.2) is 22.9 Å². The second-order valence-electron chi connectivity index (χ2n) is 15.6. The predicted molar refractivity (Wildman–Crippen MR) is 235 cm³/mol. The molecule has 60 heavy (non-hydrogen) atoms. The number of anilines is 2. The van der Waals surface area contributed by atoms with E-state index in [2.05, 4.69) is 25.5 Å². The molecule has 1 aliphatic rings. The van der Waals surface area contributed by atoms with E-state index in [0.717, 1.165) is 40.8 Å². The summed E-state index contributed by atoms with van der Waals surface area (Å²) in [5, 5.41) is 12.3. The lowest BCUT2D eigenvalue weighted by Crippen LogP contribution is -2.38. The van der Waals surface area contributed by atoms with Crippen LogP contribution in [0, 0.1) is 0 Å². The molecule has 2 amide bonds. The number of carbonyl (C=O) groups is 1. The van der Waals surface area contributed by atoms with Gasteiger partial charge in [-0.15, -0.1) is 0 Å². The lowest BCUT2D eigenvalue weighted by atomic mass is 10.1. The molecule has 1 aliphatic heterocycles. The molecule has 0 aliphatic carbocycles. The Morgan fingerprint density at radius 1 is 0.917 bits per heavy atom. The van der Waals surface area contributed by atoms with Crippen LogP contribution >= 0.6 is 7.14 Å². The molecule has 0 radical (unpaired) electrons. The largest absolute Gasteiger partial charge is 0.492 e. The Hall–Kier alpha value is -5.60. The van der Waals surface area contributed by atoms with Gasteiger partial charge in [0.2, 0.25) is 5.88 Å². The summed E-state index contributed by atoms with van der Waals surface area (Å²) in [6.07, 6.45) is 3.47. The highest BCUT2D eigenvalue weighted by Gasteiger charge is 2.19. The van der Waals surface area contributed by atoms with Crippen molar-refractivity contribution in [3.05, 3.63) is 120 Å². The number of amides is 2. The Morgan fingerprint density at radius 2 is 1.70 bits per heavy atom. The highest BCUT2D eigenvalue weighted by atomic mass is 32.2. The van der Waals surface area contributed by atoms with Crippen LogP contribution in [0.15, 0.2) is 102 Å². The van der Waals surface area contributed by atoms with E-state index in [9.17, 15) is 17.8 Å². The van der Waals surface area contributed by atoms with Crippen LogP contribution in [0.5, 0.6) is 17.4 Å². The molecular weight excluding hydrogens is 802 g/mol. The molecule has 1 saturated heterocycles. The molecule has 7 rings (SSSR count). The van der Waals surface area contributed by atoms with E-state index < -0.39 is 23.0 Å². The number of hydrogen-bond donors (Lipinski definition) is 2. The predicted octanol–water partition coefficient (Wildman–Crippen LogP) is 8.20. The first kappa shape index (κ1) is 42.5. The van der Waals surface area contributed by atoms with Gasteiger partial charge in [0.25, 0.3) is 0 Å². The lowest BCUT2D eigenvalue weighted by Gasteiger charge is -2.26. The first-order chi connectivity index (χ1) is 28.7. The van der Waals surface area contributed by atoms with Gasteiger partial charge in [-0.1, -0.05) is 50.2 Å². The summed E-state index contributed by atoms with van der Waals surface area (Å²) in [4.78, 5) is 25.1. The van der Waals surface area contributed by atoms with Crippen molar-refractivity contribution < 1.29 is 32.0 Å². The van der Waals surface area contributed by atoms with Gasteiger partial charge in [-0.2, -0.15) is 10.1 Å². The van der Waals surface area contributed by atoms with Crippen LogP contribution < -0.4 is 20.1 Å². The maximum absolute atomic E-state index is 13.6. The van der Waals surface area contributed by atoms with Crippen LogP contribution in [-0.2, 0) is 31.7 Å². The highest BCUT2D eigenvalue weighted by molar-refractivity contribution is 7.90. The average Bonchev–Trinajstić information content (AvgIpc) is 3.62. The first-order valence-corrected chi connectivity index (χ1v) is 24.4. The molecule has 3 heterocycles. The fourth-order valence-corrected chi connectivity index (χ4v) is 8.67. The number of benzene rings is 4. The van der Waals surface area contributed by atoms with Gasteiger partial charge in [0.15, 0.2) is 9.84 Å². The minimum atomic E-state index is -3.52. The summed E-state index contributed by atoms with van der Waals surface area (Å²) in [6.45, 7) is 11.8. The zero-order valence-electron chi connectivity index (χ0n) is 34.4. The Balaban J connectivity index is 1.07. The van der Waals surface area contributed by atoms with E-state index in [1.165, 1.54) is 6.26 Å². The van der Waals surface area contributed by atoms with E-state index in [-0.39, 0.29) is 17.2 Å². The standard InChI is InChI=1S/C44H50N7O7PS/c1-30(2)39-28-42(51(49-39)33-10-8-9-31(23-33)29-59(3,4)53)48-44(52)46-38-13-14-40(37-12-7-6-11-36(37)38)58-43-15-16-45-41(47-43)26-32-24-34(27-35(25-32)60(5,54)55)57-22-19-50-17-20-56-21-18-50/h6-16,23-25,27-28,30H,17-22,26,29H2,1-5H3,(H2,46,48,52). The van der Waals surface area contributed by atoms with Gasteiger partial charge in [0.05, 0.1) is 42.3 Å². The van der Waals surface area contributed by atoms with Gasteiger partial charge < -0.3 is 24.1 Å².